The summed E-state index contributed by atoms with van der Waals surface area (Å²) < 4.78 is 0. The number of amides is 1. The van der Waals surface area contributed by atoms with Crippen LogP contribution >= 0.6 is 0 Å². The molecule has 0 radical (unpaired) electrons. The normalized spacial score (nSPS) is 22.5. The van der Waals surface area contributed by atoms with Crippen LogP contribution in [0.4, 0.5) is 0 Å². The number of nitrogens with one attached hydrogen (secondary N) is 1. The molecule has 1 amide bonds. The van der Waals surface area contributed by atoms with Crippen LogP contribution in [0.5, 0.6) is 0 Å². The molecule has 1 fully saturated rings. The number of hydrogen-bond acceptors (Lipinski definition) is 4. The van der Waals surface area contributed by atoms with Crippen LogP contribution in [-0.4, -0.2) is 44.6 Å². The van der Waals surface area contributed by atoms with Crippen molar-refractivity contribution in [2.75, 3.05) is 6.54 Å². The molecular weight excluding hydrogens is 218 g/mol. The Kier molecular flexibility index (Phi) is 3.42. The third-order valence-corrected chi connectivity index (χ3v) is 3.21. The van der Waals surface area contributed by atoms with Crippen LogP contribution in [0.25, 0.3) is 0 Å². The van der Waals surface area contributed by atoms with E-state index in [0.29, 0.717) is 5.82 Å². The van der Waals surface area contributed by atoms with Crippen molar-refractivity contribution >= 4 is 5.91 Å². The van der Waals surface area contributed by atoms with Crippen molar-refractivity contribution in [1.82, 2.24) is 20.1 Å². The summed E-state index contributed by atoms with van der Waals surface area (Å²) in [6.45, 7) is 4.47. The summed E-state index contributed by atoms with van der Waals surface area (Å²) in [5.74, 6) is 0.786. The summed E-state index contributed by atoms with van der Waals surface area (Å²) in [5.41, 5.74) is 5.94. The average molecular weight is 237 g/mol. The summed E-state index contributed by atoms with van der Waals surface area (Å²) >= 11 is 0. The number of nitrogens with two attached hydrogens (primary N) is 1. The minimum absolute atomic E-state index is 0.0145. The number of aromatic amines is 1. The predicted octanol–water partition coefficient (Wildman–Crippen LogP) is 0.455. The Hall–Kier alpha value is -1.43. The number of piperidine rings is 1. The number of aryl methyl sites for hydroxylation is 1. The molecule has 1 saturated heterocycles. The van der Waals surface area contributed by atoms with Crippen LogP contribution in [0, 0.1) is 6.92 Å². The SMILES string of the molecule is Cc1nc(C(=O)N2CCCCC2C(C)N)n[nH]1. The number of carbonyl (C=O) groups is 1. The lowest BCUT2D eigenvalue weighted by molar-refractivity contribution is 0.0571. The summed E-state index contributed by atoms with van der Waals surface area (Å²) in [7, 11) is 0. The summed E-state index contributed by atoms with van der Waals surface area (Å²) in [4.78, 5) is 18.2. The van der Waals surface area contributed by atoms with E-state index in [1.165, 1.54) is 0 Å². The Bertz CT molecular complexity index is 400. The molecule has 1 aliphatic heterocycles. The van der Waals surface area contributed by atoms with E-state index in [1.54, 1.807) is 6.92 Å². The molecule has 2 rings (SSSR count). The van der Waals surface area contributed by atoms with E-state index in [0.717, 1.165) is 25.8 Å². The molecule has 0 aromatic carbocycles. The van der Waals surface area contributed by atoms with E-state index in [9.17, 15) is 4.79 Å². The van der Waals surface area contributed by atoms with Gasteiger partial charge in [0.05, 0.1) is 0 Å². The summed E-state index contributed by atoms with van der Waals surface area (Å²) in [6.07, 6.45) is 3.12. The van der Waals surface area contributed by atoms with Gasteiger partial charge in [-0.3, -0.25) is 9.89 Å². The lowest BCUT2D eigenvalue weighted by Gasteiger charge is -2.37. The third-order valence-electron chi connectivity index (χ3n) is 3.21. The number of aromatic nitrogens is 3. The first-order valence-corrected chi connectivity index (χ1v) is 6.05. The zero-order valence-electron chi connectivity index (χ0n) is 10.3. The van der Waals surface area contributed by atoms with Gasteiger partial charge >= 0.3 is 0 Å². The third kappa shape index (κ3) is 2.46. The maximum atomic E-state index is 12.3. The number of H-pyrrole nitrogens is 1. The maximum absolute atomic E-state index is 12.3. The van der Waals surface area contributed by atoms with Gasteiger partial charge in [-0.05, 0) is 33.1 Å². The topological polar surface area (TPSA) is 87.9 Å². The van der Waals surface area contributed by atoms with Gasteiger partial charge in [-0.25, -0.2) is 4.98 Å². The summed E-state index contributed by atoms with van der Waals surface area (Å²) in [5, 5.41) is 6.61. The van der Waals surface area contributed by atoms with Crippen molar-refractivity contribution in [3.05, 3.63) is 11.6 Å². The zero-order chi connectivity index (χ0) is 12.4. The van der Waals surface area contributed by atoms with E-state index in [-0.39, 0.29) is 23.8 Å². The molecule has 2 heterocycles. The highest BCUT2D eigenvalue weighted by Crippen LogP contribution is 2.20. The highest BCUT2D eigenvalue weighted by Gasteiger charge is 2.31. The van der Waals surface area contributed by atoms with Gasteiger partial charge in [0, 0.05) is 18.6 Å². The monoisotopic (exact) mass is 237 g/mol. The van der Waals surface area contributed by atoms with E-state index >= 15 is 0 Å². The number of likely N-dealkylation sites (tertiary alicyclic amines) is 1. The predicted molar refractivity (Wildman–Crippen MR) is 63.4 cm³/mol. The Labute approximate surface area is 101 Å². The Morgan fingerprint density at radius 2 is 2.35 bits per heavy atom. The van der Waals surface area contributed by atoms with Gasteiger partial charge in [-0.2, -0.15) is 0 Å². The second-order valence-electron chi connectivity index (χ2n) is 4.67. The Morgan fingerprint density at radius 1 is 1.59 bits per heavy atom. The zero-order valence-corrected chi connectivity index (χ0v) is 10.3. The maximum Gasteiger partial charge on any atom is 0.293 e. The molecule has 3 N–H and O–H groups in total. The van der Waals surface area contributed by atoms with Gasteiger partial charge in [0.15, 0.2) is 0 Å². The van der Waals surface area contributed by atoms with Crippen LogP contribution in [0.15, 0.2) is 0 Å². The molecule has 0 aliphatic carbocycles. The average Bonchev–Trinajstić information content (AvgIpc) is 2.75. The molecule has 94 valence electrons. The molecule has 1 aliphatic rings. The van der Waals surface area contributed by atoms with Crippen molar-refractivity contribution in [2.45, 2.75) is 45.2 Å². The highest BCUT2D eigenvalue weighted by molar-refractivity contribution is 5.90. The van der Waals surface area contributed by atoms with Crippen molar-refractivity contribution in [3.8, 4) is 0 Å². The molecule has 6 heteroatoms. The number of nitrogens with zero attached hydrogens (tertiary/aromatic N) is 3. The molecule has 2 unspecified atom stereocenters. The minimum Gasteiger partial charge on any atom is -0.331 e. The van der Waals surface area contributed by atoms with Gasteiger partial charge in [0.1, 0.15) is 5.82 Å². The number of carbonyl (C=O) groups excluding carboxylic acids is 1. The molecule has 1 aromatic heterocycles. The molecule has 17 heavy (non-hydrogen) atoms. The van der Waals surface area contributed by atoms with E-state index in [1.807, 2.05) is 11.8 Å². The first-order valence-electron chi connectivity index (χ1n) is 6.05. The lowest BCUT2D eigenvalue weighted by atomic mass is 9.97. The van der Waals surface area contributed by atoms with Crippen molar-refractivity contribution in [2.24, 2.45) is 5.73 Å². The standard InChI is InChI=1S/C11H19N5O/c1-7(12)9-5-3-4-6-16(9)11(17)10-13-8(2)14-15-10/h7,9H,3-6,12H2,1-2H3,(H,13,14,15). The first-order chi connectivity index (χ1) is 8.09. The second-order valence-corrected chi connectivity index (χ2v) is 4.67. The van der Waals surface area contributed by atoms with E-state index < -0.39 is 0 Å². The molecule has 6 nitrogen and oxygen atoms in total. The Balaban J connectivity index is 2.16. The van der Waals surface area contributed by atoms with Crippen molar-refractivity contribution < 1.29 is 4.79 Å². The van der Waals surface area contributed by atoms with Crippen molar-refractivity contribution in [3.63, 3.8) is 0 Å². The highest BCUT2D eigenvalue weighted by atomic mass is 16.2. The molecule has 0 saturated carbocycles. The first kappa shape index (κ1) is 12.0. The van der Waals surface area contributed by atoms with Crippen LogP contribution in [0.3, 0.4) is 0 Å². The fourth-order valence-electron chi connectivity index (χ4n) is 2.32. The van der Waals surface area contributed by atoms with Crippen LogP contribution in [0.2, 0.25) is 0 Å². The van der Waals surface area contributed by atoms with Crippen LogP contribution in [-0.2, 0) is 0 Å². The van der Waals surface area contributed by atoms with Gasteiger partial charge < -0.3 is 10.6 Å². The lowest BCUT2D eigenvalue weighted by Crippen LogP contribution is -2.51. The number of rotatable bonds is 2. The van der Waals surface area contributed by atoms with Crippen LogP contribution in [0.1, 0.15) is 42.6 Å². The number of hydrogen-bond donors (Lipinski definition) is 2. The molecular formula is C11H19N5O. The smallest absolute Gasteiger partial charge is 0.293 e. The van der Waals surface area contributed by atoms with Gasteiger partial charge in [-0.15, -0.1) is 5.10 Å². The fourth-order valence-corrected chi connectivity index (χ4v) is 2.32. The Morgan fingerprint density at radius 3 is 2.94 bits per heavy atom. The van der Waals surface area contributed by atoms with Gasteiger partial charge in [-0.1, -0.05) is 0 Å². The van der Waals surface area contributed by atoms with E-state index in [2.05, 4.69) is 15.2 Å². The fraction of sp³-hybridized carbons (Fsp3) is 0.727. The molecule has 1 aromatic rings. The minimum atomic E-state index is -0.114. The molecule has 0 spiro atoms. The second kappa shape index (κ2) is 4.83. The molecule has 0 bridgehead atoms. The van der Waals surface area contributed by atoms with E-state index in [4.69, 9.17) is 5.73 Å². The summed E-state index contributed by atoms with van der Waals surface area (Å²) in [6, 6.07) is 0.0920. The quantitative estimate of drug-likeness (QED) is 0.782. The molecule has 2 atom stereocenters. The van der Waals surface area contributed by atoms with Gasteiger partial charge in [0.25, 0.3) is 5.91 Å². The largest absolute Gasteiger partial charge is 0.331 e. The van der Waals surface area contributed by atoms with Crippen LogP contribution < -0.4 is 5.73 Å². The van der Waals surface area contributed by atoms with Crippen molar-refractivity contribution in [1.29, 1.82) is 0 Å². The van der Waals surface area contributed by atoms with Gasteiger partial charge in [0.2, 0.25) is 5.82 Å².